The number of aryl methyl sites for hydroxylation is 1. The number of hydrogen-bond donors (Lipinski definition) is 2. The molecule has 0 atom stereocenters. The van der Waals surface area contributed by atoms with E-state index in [1.165, 1.54) is 5.69 Å². The molecule has 0 saturated carbocycles. The fourth-order valence-corrected chi connectivity index (χ4v) is 2.18. The molecular weight excluding hydrogens is 276 g/mol. The summed E-state index contributed by atoms with van der Waals surface area (Å²) in [7, 11) is 1.89. The standard InChI is InChI=1S/C13H18N6.ClH/c1-18-7-4-13(17-18)16-12-3-2-11(10-15-12)19-8-5-14-6-9-19;/h2-4,7,10,14H,5-6,8-9H2,1H3,(H,15,16,17);1H. The predicted octanol–water partition coefficient (Wildman–Crippen LogP) is 1.39. The van der Waals surface area contributed by atoms with Gasteiger partial charge in [0, 0.05) is 45.5 Å². The summed E-state index contributed by atoms with van der Waals surface area (Å²) in [6, 6.07) is 6.02. The Morgan fingerprint density at radius 1 is 1.15 bits per heavy atom. The number of pyridine rings is 1. The molecule has 0 amide bonds. The quantitative estimate of drug-likeness (QED) is 0.896. The van der Waals surface area contributed by atoms with Gasteiger partial charge in [0.1, 0.15) is 5.82 Å². The third-order valence-corrected chi connectivity index (χ3v) is 3.20. The zero-order valence-electron chi connectivity index (χ0n) is 11.4. The van der Waals surface area contributed by atoms with Crippen LogP contribution in [0.1, 0.15) is 0 Å². The average Bonchev–Trinajstić information content (AvgIpc) is 2.86. The van der Waals surface area contributed by atoms with Crippen LogP contribution in [0.15, 0.2) is 30.6 Å². The van der Waals surface area contributed by atoms with Gasteiger partial charge in [-0.1, -0.05) is 0 Å². The highest BCUT2D eigenvalue weighted by molar-refractivity contribution is 5.85. The average molecular weight is 295 g/mol. The first kappa shape index (κ1) is 14.6. The topological polar surface area (TPSA) is 58.0 Å². The van der Waals surface area contributed by atoms with Gasteiger partial charge in [-0.2, -0.15) is 5.10 Å². The zero-order valence-corrected chi connectivity index (χ0v) is 12.2. The van der Waals surface area contributed by atoms with Crippen LogP contribution in [0.2, 0.25) is 0 Å². The molecule has 0 bridgehead atoms. The first-order valence-electron chi connectivity index (χ1n) is 6.50. The fraction of sp³-hybridized carbons (Fsp3) is 0.385. The van der Waals surface area contributed by atoms with Gasteiger partial charge in [0.15, 0.2) is 5.82 Å². The van der Waals surface area contributed by atoms with Crippen molar-refractivity contribution in [2.45, 2.75) is 0 Å². The van der Waals surface area contributed by atoms with Gasteiger partial charge in [-0.25, -0.2) is 4.98 Å². The molecule has 1 aliphatic heterocycles. The van der Waals surface area contributed by atoms with Crippen LogP contribution in [-0.4, -0.2) is 40.9 Å². The van der Waals surface area contributed by atoms with Gasteiger partial charge in [-0.15, -0.1) is 12.4 Å². The molecule has 1 saturated heterocycles. The second-order valence-electron chi connectivity index (χ2n) is 4.64. The van der Waals surface area contributed by atoms with E-state index >= 15 is 0 Å². The van der Waals surface area contributed by atoms with Gasteiger partial charge in [0.2, 0.25) is 0 Å². The van der Waals surface area contributed by atoms with Crippen molar-refractivity contribution in [1.29, 1.82) is 0 Å². The number of hydrogen-bond acceptors (Lipinski definition) is 5. The van der Waals surface area contributed by atoms with Crippen LogP contribution in [0.25, 0.3) is 0 Å². The maximum atomic E-state index is 4.44. The minimum Gasteiger partial charge on any atom is -0.368 e. The third kappa shape index (κ3) is 3.40. The van der Waals surface area contributed by atoms with E-state index < -0.39 is 0 Å². The van der Waals surface area contributed by atoms with Crippen LogP contribution in [0.3, 0.4) is 0 Å². The molecule has 3 heterocycles. The Morgan fingerprint density at radius 2 is 1.95 bits per heavy atom. The number of halogens is 1. The molecule has 0 radical (unpaired) electrons. The summed E-state index contributed by atoms with van der Waals surface area (Å²) in [5.74, 6) is 1.63. The van der Waals surface area contributed by atoms with Crippen molar-refractivity contribution in [1.82, 2.24) is 20.1 Å². The SMILES string of the molecule is Cl.Cn1ccc(Nc2ccc(N3CCNCC3)cn2)n1. The Bertz CT molecular complexity index is 532. The van der Waals surface area contributed by atoms with Crippen molar-refractivity contribution < 1.29 is 0 Å². The number of rotatable bonds is 3. The Balaban J connectivity index is 0.00000147. The van der Waals surface area contributed by atoms with Crippen LogP contribution in [0.4, 0.5) is 17.3 Å². The van der Waals surface area contributed by atoms with Crippen LogP contribution in [-0.2, 0) is 7.05 Å². The summed E-state index contributed by atoms with van der Waals surface area (Å²) >= 11 is 0. The van der Waals surface area contributed by atoms with Crippen LogP contribution in [0, 0.1) is 0 Å². The number of aromatic nitrogens is 3. The summed E-state index contributed by atoms with van der Waals surface area (Å²) in [4.78, 5) is 6.78. The van der Waals surface area contributed by atoms with Gasteiger partial charge in [0.05, 0.1) is 11.9 Å². The second-order valence-corrected chi connectivity index (χ2v) is 4.64. The van der Waals surface area contributed by atoms with Gasteiger partial charge < -0.3 is 15.5 Å². The van der Waals surface area contributed by atoms with E-state index in [0.717, 1.165) is 37.8 Å². The van der Waals surface area contributed by atoms with Crippen LogP contribution >= 0.6 is 12.4 Å². The maximum absolute atomic E-state index is 4.44. The van der Waals surface area contributed by atoms with Crippen molar-refractivity contribution in [3.05, 3.63) is 30.6 Å². The zero-order chi connectivity index (χ0) is 13.1. The minimum atomic E-state index is 0. The molecule has 2 aromatic heterocycles. The van der Waals surface area contributed by atoms with E-state index in [1.807, 2.05) is 31.6 Å². The Morgan fingerprint density at radius 3 is 2.55 bits per heavy atom. The first-order chi connectivity index (χ1) is 9.31. The summed E-state index contributed by atoms with van der Waals surface area (Å²) in [6.07, 6.45) is 3.81. The highest BCUT2D eigenvalue weighted by atomic mass is 35.5. The molecule has 2 N–H and O–H groups in total. The van der Waals surface area contributed by atoms with Crippen molar-refractivity contribution in [3.8, 4) is 0 Å². The number of anilines is 3. The predicted molar refractivity (Wildman–Crippen MR) is 83.1 cm³/mol. The molecule has 1 fully saturated rings. The number of piperazine rings is 1. The molecule has 0 aliphatic carbocycles. The molecule has 0 unspecified atom stereocenters. The highest BCUT2D eigenvalue weighted by Gasteiger charge is 2.10. The van der Waals surface area contributed by atoms with E-state index in [4.69, 9.17) is 0 Å². The number of nitrogens with one attached hydrogen (secondary N) is 2. The summed E-state index contributed by atoms with van der Waals surface area (Å²) < 4.78 is 1.76. The third-order valence-electron chi connectivity index (χ3n) is 3.20. The summed E-state index contributed by atoms with van der Waals surface area (Å²) in [6.45, 7) is 4.14. The molecule has 7 heteroatoms. The molecule has 2 aromatic rings. The lowest BCUT2D eigenvalue weighted by Crippen LogP contribution is -2.43. The second kappa shape index (κ2) is 6.58. The number of nitrogens with zero attached hydrogens (tertiary/aromatic N) is 4. The van der Waals surface area contributed by atoms with E-state index in [9.17, 15) is 0 Å². The maximum Gasteiger partial charge on any atom is 0.153 e. The Kier molecular flexibility index (Phi) is 4.81. The van der Waals surface area contributed by atoms with E-state index in [1.54, 1.807) is 4.68 Å². The normalized spacial score (nSPS) is 14.8. The van der Waals surface area contributed by atoms with E-state index in [-0.39, 0.29) is 12.4 Å². The van der Waals surface area contributed by atoms with Crippen molar-refractivity contribution in [2.75, 3.05) is 36.4 Å². The molecule has 3 rings (SSSR count). The molecule has 20 heavy (non-hydrogen) atoms. The summed E-state index contributed by atoms with van der Waals surface area (Å²) in [5.41, 5.74) is 1.17. The Labute approximate surface area is 124 Å². The molecule has 6 nitrogen and oxygen atoms in total. The van der Waals surface area contributed by atoms with Gasteiger partial charge in [0.25, 0.3) is 0 Å². The minimum absolute atomic E-state index is 0. The first-order valence-corrected chi connectivity index (χ1v) is 6.50. The van der Waals surface area contributed by atoms with Crippen LogP contribution in [0.5, 0.6) is 0 Å². The largest absolute Gasteiger partial charge is 0.368 e. The summed E-state index contributed by atoms with van der Waals surface area (Å²) in [5, 5.41) is 10.8. The lowest BCUT2D eigenvalue weighted by molar-refractivity contribution is 0.589. The van der Waals surface area contributed by atoms with Gasteiger partial charge >= 0.3 is 0 Å². The monoisotopic (exact) mass is 294 g/mol. The Hall–Kier alpha value is -1.79. The van der Waals surface area contributed by atoms with Gasteiger partial charge in [-0.05, 0) is 12.1 Å². The molecule has 0 spiro atoms. The van der Waals surface area contributed by atoms with Crippen LogP contribution < -0.4 is 15.5 Å². The smallest absolute Gasteiger partial charge is 0.153 e. The van der Waals surface area contributed by atoms with Crippen molar-refractivity contribution in [3.63, 3.8) is 0 Å². The van der Waals surface area contributed by atoms with Crippen molar-refractivity contribution in [2.24, 2.45) is 7.05 Å². The molecule has 0 aromatic carbocycles. The molecule has 1 aliphatic rings. The van der Waals surface area contributed by atoms with Crippen molar-refractivity contribution >= 4 is 29.7 Å². The fourth-order valence-electron chi connectivity index (χ4n) is 2.18. The highest BCUT2D eigenvalue weighted by Crippen LogP contribution is 2.17. The lowest BCUT2D eigenvalue weighted by atomic mass is 10.3. The van der Waals surface area contributed by atoms with Gasteiger partial charge in [-0.3, -0.25) is 4.68 Å². The van der Waals surface area contributed by atoms with E-state index in [2.05, 4.69) is 31.7 Å². The molecule has 108 valence electrons. The molecular formula is C13H19ClN6. The van der Waals surface area contributed by atoms with E-state index in [0.29, 0.717) is 0 Å². The lowest BCUT2D eigenvalue weighted by Gasteiger charge is -2.29.